The second-order valence-electron chi connectivity index (χ2n) is 3.17. The van der Waals surface area contributed by atoms with Crippen LogP contribution < -0.4 is 5.32 Å². The average molecular weight is 190 g/mol. The van der Waals surface area contributed by atoms with Gasteiger partial charge >= 0.3 is 0 Å². The number of likely N-dealkylation sites (N-methyl/N-ethyl adjacent to an activating group) is 1. The van der Waals surface area contributed by atoms with Crippen molar-refractivity contribution in [2.24, 2.45) is 0 Å². The Balaban J connectivity index is 3.20. The van der Waals surface area contributed by atoms with Crippen molar-refractivity contribution in [2.45, 2.75) is 13.0 Å². The van der Waals surface area contributed by atoms with Gasteiger partial charge in [-0.25, -0.2) is 0 Å². The van der Waals surface area contributed by atoms with Crippen LogP contribution in [0.5, 0.6) is 0 Å². The fourth-order valence-electron chi connectivity index (χ4n) is 1.48. The van der Waals surface area contributed by atoms with E-state index in [2.05, 4.69) is 11.4 Å². The second-order valence-corrected chi connectivity index (χ2v) is 3.17. The standard InChI is InChI=1S/C11H14N2O/c1-8-4-3-5-9(10(8)6-12)11(7-14)13-2/h3-5,11,13-14H,7H2,1-2H3/t11-/m1/s1. The minimum atomic E-state index is -0.162. The molecule has 1 rings (SSSR count). The number of nitriles is 1. The Kier molecular flexibility index (Phi) is 3.63. The molecule has 0 fully saturated rings. The van der Waals surface area contributed by atoms with E-state index in [1.807, 2.05) is 25.1 Å². The van der Waals surface area contributed by atoms with Gasteiger partial charge in [0.1, 0.15) is 0 Å². The molecule has 0 spiro atoms. The molecule has 1 atom stereocenters. The Morgan fingerprint density at radius 1 is 1.57 bits per heavy atom. The van der Waals surface area contributed by atoms with Crippen molar-refractivity contribution >= 4 is 0 Å². The molecular weight excluding hydrogens is 176 g/mol. The molecule has 0 saturated heterocycles. The molecule has 3 nitrogen and oxygen atoms in total. The minimum absolute atomic E-state index is 0.00532. The Morgan fingerprint density at radius 3 is 2.79 bits per heavy atom. The molecule has 74 valence electrons. The smallest absolute Gasteiger partial charge is 0.0997 e. The number of rotatable bonds is 3. The number of hydrogen-bond donors (Lipinski definition) is 2. The van der Waals surface area contributed by atoms with Crippen LogP contribution in [0.3, 0.4) is 0 Å². The molecule has 0 saturated carbocycles. The van der Waals surface area contributed by atoms with Crippen molar-refractivity contribution in [2.75, 3.05) is 13.7 Å². The van der Waals surface area contributed by atoms with Crippen molar-refractivity contribution in [3.63, 3.8) is 0 Å². The topological polar surface area (TPSA) is 56.0 Å². The molecule has 0 amide bonds. The third-order valence-corrected chi connectivity index (χ3v) is 2.32. The van der Waals surface area contributed by atoms with Gasteiger partial charge in [-0.15, -0.1) is 0 Å². The van der Waals surface area contributed by atoms with Gasteiger partial charge in [0.05, 0.1) is 24.3 Å². The molecule has 14 heavy (non-hydrogen) atoms. The molecule has 3 heteroatoms. The highest BCUT2D eigenvalue weighted by Crippen LogP contribution is 2.19. The van der Waals surface area contributed by atoms with Gasteiger partial charge < -0.3 is 10.4 Å². The molecule has 1 aromatic rings. The maximum absolute atomic E-state index is 9.12. The summed E-state index contributed by atoms with van der Waals surface area (Å²) in [7, 11) is 1.77. The molecule has 0 aliphatic carbocycles. The monoisotopic (exact) mass is 190 g/mol. The molecule has 0 heterocycles. The van der Waals surface area contributed by atoms with E-state index < -0.39 is 0 Å². The number of aliphatic hydroxyl groups is 1. The SMILES string of the molecule is CN[C@H](CO)c1cccc(C)c1C#N. The first-order valence-electron chi connectivity index (χ1n) is 4.52. The number of hydrogen-bond acceptors (Lipinski definition) is 3. The van der Waals surface area contributed by atoms with Crippen LogP contribution in [-0.4, -0.2) is 18.8 Å². The van der Waals surface area contributed by atoms with Gasteiger partial charge in [0, 0.05) is 0 Å². The third kappa shape index (κ3) is 1.92. The summed E-state index contributed by atoms with van der Waals surface area (Å²) >= 11 is 0. The average Bonchev–Trinajstić information content (AvgIpc) is 2.20. The lowest BCUT2D eigenvalue weighted by Crippen LogP contribution is -2.21. The molecule has 1 aromatic carbocycles. The molecular formula is C11H14N2O. The summed E-state index contributed by atoms with van der Waals surface area (Å²) in [5.74, 6) is 0. The Morgan fingerprint density at radius 2 is 2.29 bits per heavy atom. The first kappa shape index (κ1) is 10.7. The minimum Gasteiger partial charge on any atom is -0.394 e. The first-order chi connectivity index (χ1) is 6.74. The van der Waals surface area contributed by atoms with Crippen molar-refractivity contribution in [1.82, 2.24) is 5.32 Å². The summed E-state index contributed by atoms with van der Waals surface area (Å²) in [5, 5.41) is 21.1. The third-order valence-electron chi connectivity index (χ3n) is 2.32. The molecule has 0 unspecified atom stereocenters. The van der Waals surface area contributed by atoms with Crippen molar-refractivity contribution in [1.29, 1.82) is 5.26 Å². The first-order valence-corrected chi connectivity index (χ1v) is 4.52. The number of nitrogens with one attached hydrogen (secondary N) is 1. The van der Waals surface area contributed by atoms with E-state index in [4.69, 9.17) is 10.4 Å². The maximum Gasteiger partial charge on any atom is 0.0997 e. The van der Waals surface area contributed by atoms with Crippen LogP contribution in [0.25, 0.3) is 0 Å². The van der Waals surface area contributed by atoms with Crippen molar-refractivity contribution in [3.8, 4) is 6.07 Å². The van der Waals surface area contributed by atoms with E-state index in [0.29, 0.717) is 5.56 Å². The summed E-state index contributed by atoms with van der Waals surface area (Å²) in [6.45, 7) is 1.89. The van der Waals surface area contributed by atoms with Gasteiger partial charge in [-0.2, -0.15) is 5.26 Å². The number of aliphatic hydroxyl groups excluding tert-OH is 1. The highest BCUT2D eigenvalue weighted by molar-refractivity contribution is 5.45. The number of nitrogens with zero attached hydrogens (tertiary/aromatic N) is 1. The maximum atomic E-state index is 9.12. The number of aryl methyl sites for hydroxylation is 1. The normalized spacial score (nSPS) is 12.1. The van der Waals surface area contributed by atoms with E-state index in [-0.39, 0.29) is 12.6 Å². The van der Waals surface area contributed by atoms with E-state index in [1.165, 1.54) is 0 Å². The zero-order chi connectivity index (χ0) is 10.6. The van der Waals surface area contributed by atoms with Crippen LogP contribution in [0.1, 0.15) is 22.7 Å². The summed E-state index contributed by atoms with van der Waals surface area (Å²) < 4.78 is 0. The van der Waals surface area contributed by atoms with Crippen LogP contribution >= 0.6 is 0 Å². The van der Waals surface area contributed by atoms with Crippen molar-refractivity contribution < 1.29 is 5.11 Å². The van der Waals surface area contributed by atoms with Crippen LogP contribution in [-0.2, 0) is 0 Å². The molecule has 0 aliphatic heterocycles. The second kappa shape index (κ2) is 4.75. The summed E-state index contributed by atoms with van der Waals surface area (Å²) in [5.41, 5.74) is 2.46. The zero-order valence-electron chi connectivity index (χ0n) is 8.41. The predicted octanol–water partition coefficient (Wildman–Crippen LogP) is 1.12. The van der Waals surface area contributed by atoms with Crippen LogP contribution in [0.2, 0.25) is 0 Å². The van der Waals surface area contributed by atoms with E-state index in [1.54, 1.807) is 7.05 Å². The van der Waals surface area contributed by atoms with Gasteiger partial charge in [0.15, 0.2) is 0 Å². The van der Waals surface area contributed by atoms with Gasteiger partial charge in [0.25, 0.3) is 0 Å². The number of benzene rings is 1. The van der Waals surface area contributed by atoms with Gasteiger partial charge in [0.2, 0.25) is 0 Å². The summed E-state index contributed by atoms with van der Waals surface area (Å²) in [6, 6.07) is 7.65. The lowest BCUT2D eigenvalue weighted by Gasteiger charge is -2.15. The van der Waals surface area contributed by atoms with Gasteiger partial charge in [-0.3, -0.25) is 0 Å². The molecule has 0 bridgehead atoms. The van der Waals surface area contributed by atoms with E-state index in [9.17, 15) is 0 Å². The fraction of sp³-hybridized carbons (Fsp3) is 0.364. The van der Waals surface area contributed by atoms with Crippen LogP contribution in [0.4, 0.5) is 0 Å². The van der Waals surface area contributed by atoms with Crippen LogP contribution in [0, 0.1) is 18.3 Å². The summed E-state index contributed by atoms with van der Waals surface area (Å²) in [4.78, 5) is 0. The lowest BCUT2D eigenvalue weighted by atomic mass is 9.98. The largest absolute Gasteiger partial charge is 0.394 e. The molecule has 0 radical (unpaired) electrons. The molecule has 0 aromatic heterocycles. The van der Waals surface area contributed by atoms with Gasteiger partial charge in [-0.1, -0.05) is 18.2 Å². The van der Waals surface area contributed by atoms with Crippen molar-refractivity contribution in [3.05, 3.63) is 34.9 Å². The predicted molar refractivity (Wildman–Crippen MR) is 54.8 cm³/mol. The highest BCUT2D eigenvalue weighted by atomic mass is 16.3. The molecule has 0 aliphatic rings. The quantitative estimate of drug-likeness (QED) is 0.751. The Hall–Kier alpha value is -1.37. The van der Waals surface area contributed by atoms with E-state index >= 15 is 0 Å². The Labute approximate surface area is 84.0 Å². The lowest BCUT2D eigenvalue weighted by molar-refractivity contribution is 0.251. The van der Waals surface area contributed by atoms with Gasteiger partial charge in [-0.05, 0) is 25.1 Å². The Bertz CT molecular complexity index is 351. The highest BCUT2D eigenvalue weighted by Gasteiger charge is 2.13. The zero-order valence-corrected chi connectivity index (χ0v) is 8.41. The molecule has 2 N–H and O–H groups in total. The summed E-state index contributed by atoms with van der Waals surface area (Å²) in [6.07, 6.45) is 0. The fourth-order valence-corrected chi connectivity index (χ4v) is 1.48. The van der Waals surface area contributed by atoms with E-state index in [0.717, 1.165) is 11.1 Å². The van der Waals surface area contributed by atoms with Crippen LogP contribution in [0.15, 0.2) is 18.2 Å².